The van der Waals surface area contributed by atoms with E-state index in [1.807, 2.05) is 0 Å². The molecule has 0 amide bonds. The normalized spacial score (nSPS) is 18.8. The lowest BCUT2D eigenvalue weighted by Crippen LogP contribution is -2.34. The second kappa shape index (κ2) is 5.22. The molecule has 0 unspecified atom stereocenters. The van der Waals surface area contributed by atoms with Gasteiger partial charge in [0, 0.05) is 11.6 Å². The van der Waals surface area contributed by atoms with Crippen molar-refractivity contribution in [2.45, 2.75) is 24.7 Å². The lowest BCUT2D eigenvalue weighted by Gasteiger charge is -2.21. The fourth-order valence-electron chi connectivity index (χ4n) is 1.61. The van der Waals surface area contributed by atoms with Crippen LogP contribution in [0.25, 0.3) is 0 Å². The van der Waals surface area contributed by atoms with E-state index in [-0.39, 0.29) is 11.9 Å². The summed E-state index contributed by atoms with van der Waals surface area (Å²) in [4.78, 5) is 3.94. The van der Waals surface area contributed by atoms with E-state index in [0.29, 0.717) is 5.01 Å². The van der Waals surface area contributed by atoms with E-state index in [1.54, 1.807) is 11.6 Å². The molecule has 0 bridgehead atoms. The standard InChI is InChI=1S/C9H14N2O3S2/c12-16(13,7-9-11-5-6-15-9)14-8-1-3-10-4-2-8/h5-6,8,10H,1-4,7H2. The molecule has 1 aliphatic heterocycles. The molecule has 1 aliphatic rings. The van der Waals surface area contributed by atoms with Crippen LogP contribution in [0.4, 0.5) is 0 Å². The summed E-state index contributed by atoms with van der Waals surface area (Å²) < 4.78 is 28.5. The van der Waals surface area contributed by atoms with Gasteiger partial charge in [-0.1, -0.05) is 0 Å². The van der Waals surface area contributed by atoms with Gasteiger partial charge in [-0.2, -0.15) is 8.42 Å². The summed E-state index contributed by atoms with van der Waals surface area (Å²) in [6.07, 6.45) is 2.92. The van der Waals surface area contributed by atoms with Crippen LogP contribution >= 0.6 is 11.3 Å². The van der Waals surface area contributed by atoms with E-state index in [2.05, 4.69) is 10.3 Å². The molecule has 0 saturated carbocycles. The van der Waals surface area contributed by atoms with Crippen molar-refractivity contribution in [2.24, 2.45) is 0 Å². The minimum absolute atomic E-state index is 0.116. The number of aromatic nitrogens is 1. The Kier molecular flexibility index (Phi) is 3.91. The van der Waals surface area contributed by atoms with Crippen LogP contribution in [0.5, 0.6) is 0 Å². The molecular weight excluding hydrogens is 248 g/mol. The third-order valence-electron chi connectivity index (χ3n) is 2.35. The highest BCUT2D eigenvalue weighted by Gasteiger charge is 2.22. The molecule has 0 aromatic carbocycles. The van der Waals surface area contributed by atoms with Gasteiger partial charge in [-0.3, -0.25) is 4.18 Å². The van der Waals surface area contributed by atoms with Gasteiger partial charge in [0.25, 0.3) is 10.1 Å². The first-order chi connectivity index (χ1) is 7.66. The van der Waals surface area contributed by atoms with Crippen LogP contribution in [-0.2, 0) is 20.1 Å². The molecule has 1 N–H and O–H groups in total. The number of piperidine rings is 1. The first-order valence-corrected chi connectivity index (χ1v) is 7.61. The molecular formula is C9H14N2O3S2. The summed E-state index contributed by atoms with van der Waals surface area (Å²) in [6, 6.07) is 0. The van der Waals surface area contributed by atoms with Gasteiger partial charge in [0.1, 0.15) is 10.8 Å². The van der Waals surface area contributed by atoms with Crippen molar-refractivity contribution in [3.8, 4) is 0 Å². The highest BCUT2D eigenvalue weighted by atomic mass is 32.2. The molecule has 0 spiro atoms. The molecule has 1 fully saturated rings. The second-order valence-electron chi connectivity index (χ2n) is 3.67. The molecule has 90 valence electrons. The van der Waals surface area contributed by atoms with Gasteiger partial charge in [-0.25, -0.2) is 4.98 Å². The molecule has 1 aromatic heterocycles. The fourth-order valence-corrected chi connectivity index (χ4v) is 3.77. The van der Waals surface area contributed by atoms with Gasteiger partial charge in [0.05, 0.1) is 6.10 Å². The Morgan fingerprint density at radius 2 is 2.25 bits per heavy atom. The average Bonchev–Trinajstić information content (AvgIpc) is 2.70. The van der Waals surface area contributed by atoms with Gasteiger partial charge in [-0.15, -0.1) is 11.3 Å². The van der Waals surface area contributed by atoms with Gasteiger partial charge in [-0.05, 0) is 25.9 Å². The van der Waals surface area contributed by atoms with Crippen molar-refractivity contribution in [3.63, 3.8) is 0 Å². The third-order valence-corrected chi connectivity index (χ3v) is 4.51. The zero-order valence-electron chi connectivity index (χ0n) is 8.76. The Morgan fingerprint density at radius 1 is 1.50 bits per heavy atom. The maximum absolute atomic E-state index is 11.7. The summed E-state index contributed by atoms with van der Waals surface area (Å²) >= 11 is 1.33. The lowest BCUT2D eigenvalue weighted by molar-refractivity contribution is 0.169. The molecule has 2 heterocycles. The SMILES string of the molecule is O=S(=O)(Cc1nccs1)OC1CCNCC1. The number of nitrogens with zero attached hydrogens (tertiary/aromatic N) is 1. The van der Waals surface area contributed by atoms with E-state index < -0.39 is 10.1 Å². The van der Waals surface area contributed by atoms with Crippen LogP contribution in [0.15, 0.2) is 11.6 Å². The summed E-state index contributed by atoms with van der Waals surface area (Å²) in [6.45, 7) is 1.63. The topological polar surface area (TPSA) is 68.3 Å². The van der Waals surface area contributed by atoms with Crippen molar-refractivity contribution in [3.05, 3.63) is 16.6 Å². The monoisotopic (exact) mass is 262 g/mol. The van der Waals surface area contributed by atoms with Crippen LogP contribution in [0.3, 0.4) is 0 Å². The van der Waals surface area contributed by atoms with Crippen LogP contribution < -0.4 is 5.32 Å². The molecule has 0 radical (unpaired) electrons. The second-order valence-corrected chi connectivity index (χ2v) is 6.25. The van der Waals surface area contributed by atoms with Crippen molar-refractivity contribution in [1.29, 1.82) is 0 Å². The van der Waals surface area contributed by atoms with Gasteiger partial charge < -0.3 is 5.32 Å². The molecule has 2 rings (SSSR count). The van der Waals surface area contributed by atoms with E-state index in [9.17, 15) is 8.42 Å². The Morgan fingerprint density at radius 3 is 2.88 bits per heavy atom. The van der Waals surface area contributed by atoms with E-state index in [0.717, 1.165) is 25.9 Å². The van der Waals surface area contributed by atoms with Gasteiger partial charge in [0.2, 0.25) is 0 Å². The lowest BCUT2D eigenvalue weighted by atomic mass is 10.1. The maximum Gasteiger partial charge on any atom is 0.274 e. The van der Waals surface area contributed by atoms with Crippen LogP contribution in [0, 0.1) is 0 Å². The Hall–Kier alpha value is -0.500. The summed E-state index contributed by atoms with van der Waals surface area (Å²) in [5, 5.41) is 5.50. The van der Waals surface area contributed by atoms with Crippen molar-refractivity contribution < 1.29 is 12.6 Å². The fraction of sp³-hybridized carbons (Fsp3) is 0.667. The van der Waals surface area contributed by atoms with Crippen LogP contribution in [0.2, 0.25) is 0 Å². The van der Waals surface area contributed by atoms with Crippen LogP contribution in [-0.4, -0.2) is 32.6 Å². The smallest absolute Gasteiger partial charge is 0.274 e. The summed E-state index contributed by atoms with van der Waals surface area (Å²) in [5.41, 5.74) is 0. The maximum atomic E-state index is 11.7. The summed E-state index contributed by atoms with van der Waals surface area (Å²) in [5.74, 6) is -0.116. The first-order valence-electron chi connectivity index (χ1n) is 5.16. The number of rotatable bonds is 4. The third kappa shape index (κ3) is 3.51. The molecule has 0 atom stereocenters. The predicted octanol–water partition coefficient (Wildman–Crippen LogP) is 0.742. The van der Waals surface area contributed by atoms with Crippen molar-refractivity contribution in [2.75, 3.05) is 13.1 Å². The first kappa shape index (κ1) is 12.0. The van der Waals surface area contributed by atoms with Crippen molar-refractivity contribution >= 4 is 21.5 Å². The van der Waals surface area contributed by atoms with E-state index >= 15 is 0 Å². The Balaban J connectivity index is 1.92. The number of thiazole rings is 1. The predicted molar refractivity (Wildman–Crippen MR) is 61.7 cm³/mol. The van der Waals surface area contributed by atoms with E-state index in [4.69, 9.17) is 4.18 Å². The Labute approximate surface area is 99.0 Å². The average molecular weight is 262 g/mol. The highest BCUT2D eigenvalue weighted by molar-refractivity contribution is 7.86. The number of nitrogens with one attached hydrogen (secondary N) is 1. The zero-order valence-corrected chi connectivity index (χ0v) is 10.4. The molecule has 1 aromatic rings. The minimum Gasteiger partial charge on any atom is -0.317 e. The van der Waals surface area contributed by atoms with Gasteiger partial charge >= 0.3 is 0 Å². The van der Waals surface area contributed by atoms with Gasteiger partial charge in [0.15, 0.2) is 0 Å². The number of hydrogen-bond acceptors (Lipinski definition) is 6. The summed E-state index contributed by atoms with van der Waals surface area (Å²) in [7, 11) is -3.48. The van der Waals surface area contributed by atoms with Crippen molar-refractivity contribution in [1.82, 2.24) is 10.3 Å². The molecule has 7 heteroatoms. The zero-order chi connectivity index (χ0) is 11.4. The molecule has 0 aliphatic carbocycles. The molecule has 5 nitrogen and oxygen atoms in total. The molecule has 16 heavy (non-hydrogen) atoms. The quantitative estimate of drug-likeness (QED) is 0.811. The minimum atomic E-state index is -3.48. The Bertz CT molecular complexity index is 410. The molecule has 1 saturated heterocycles. The largest absolute Gasteiger partial charge is 0.317 e. The van der Waals surface area contributed by atoms with Crippen LogP contribution in [0.1, 0.15) is 17.8 Å². The number of hydrogen-bond donors (Lipinski definition) is 1. The van der Waals surface area contributed by atoms with E-state index in [1.165, 1.54) is 11.3 Å². The highest BCUT2D eigenvalue weighted by Crippen LogP contribution is 2.15.